The summed E-state index contributed by atoms with van der Waals surface area (Å²) >= 11 is 0. The molecule has 1 aromatic heterocycles. The maximum absolute atomic E-state index is 13.3. The van der Waals surface area contributed by atoms with Crippen LogP contribution in [0.5, 0.6) is 0 Å². The quantitative estimate of drug-likeness (QED) is 0.234. The van der Waals surface area contributed by atoms with Crippen molar-refractivity contribution in [2.75, 3.05) is 32.8 Å². The van der Waals surface area contributed by atoms with Crippen LogP contribution in [-0.2, 0) is 11.3 Å². The molecule has 0 unspecified atom stereocenters. The molecule has 1 saturated heterocycles. The summed E-state index contributed by atoms with van der Waals surface area (Å²) in [5.74, 6) is 0.538. The smallest absolute Gasteiger partial charge is 0.236 e. The molecule has 6 heteroatoms. The molecule has 4 rings (SSSR count). The van der Waals surface area contributed by atoms with Gasteiger partial charge in [0.25, 0.3) is 0 Å². The number of piperidine rings is 1. The number of amides is 1. The van der Waals surface area contributed by atoms with Crippen LogP contribution in [0.2, 0.25) is 0 Å². The van der Waals surface area contributed by atoms with Crippen LogP contribution in [0.1, 0.15) is 81.7 Å². The Morgan fingerprint density at radius 1 is 1.12 bits per heavy atom. The minimum Gasteiger partial charge on any atom is -0.395 e. The normalized spacial score (nSPS) is 14.7. The maximum Gasteiger partial charge on any atom is 0.236 e. The Bertz CT molecular complexity index is 1450. The SMILES string of the molecule is C=C(C)/C=C(\C=C(C)C)c1[nH]c2ccc(C3CCN(C(=O)CN(CCO)Cc4ccc(F)cc4)CC3)cc2c1C(C)C. The molecule has 2 aromatic carbocycles. The Kier molecular flexibility index (Phi) is 10.6. The van der Waals surface area contributed by atoms with E-state index in [9.17, 15) is 14.3 Å². The lowest BCUT2D eigenvalue weighted by atomic mass is 9.87. The summed E-state index contributed by atoms with van der Waals surface area (Å²) in [6.07, 6.45) is 6.21. The molecule has 1 fully saturated rings. The van der Waals surface area contributed by atoms with Crippen LogP contribution in [-0.4, -0.2) is 58.6 Å². The van der Waals surface area contributed by atoms with Crippen molar-refractivity contribution in [2.24, 2.45) is 0 Å². The monoisotopic (exact) mass is 571 g/mol. The van der Waals surface area contributed by atoms with Crippen molar-refractivity contribution in [1.82, 2.24) is 14.8 Å². The number of aliphatic hydroxyl groups is 1. The number of allylic oxidation sites excluding steroid dienone is 5. The van der Waals surface area contributed by atoms with Crippen LogP contribution in [0.15, 0.2) is 72.3 Å². The van der Waals surface area contributed by atoms with Crippen molar-refractivity contribution < 1.29 is 14.3 Å². The molecule has 0 spiro atoms. The molecule has 0 radical (unpaired) electrons. The highest BCUT2D eigenvalue weighted by atomic mass is 19.1. The Labute approximate surface area is 250 Å². The standard InChI is InChI=1S/C36H46FN3O2/c1-24(2)19-30(20-25(3)4)36-35(26(5)6)32-21-29(9-12-33(32)38-36)28-13-15-40(16-14-28)34(42)23-39(17-18-41)22-27-7-10-31(37)11-8-27/h7-12,19-21,26,28,38,41H,1,13-18,22-23H2,2-6H3/b30-19+. The highest BCUT2D eigenvalue weighted by Gasteiger charge is 2.26. The molecule has 0 aliphatic carbocycles. The molecular weight excluding hydrogens is 525 g/mol. The van der Waals surface area contributed by atoms with Crippen molar-refractivity contribution in [3.63, 3.8) is 0 Å². The van der Waals surface area contributed by atoms with E-state index in [0.717, 1.165) is 40.8 Å². The topological polar surface area (TPSA) is 59.6 Å². The predicted molar refractivity (Wildman–Crippen MR) is 172 cm³/mol. The van der Waals surface area contributed by atoms with Gasteiger partial charge in [-0.3, -0.25) is 9.69 Å². The van der Waals surface area contributed by atoms with Crippen molar-refractivity contribution in [3.05, 3.63) is 101 Å². The van der Waals surface area contributed by atoms with Gasteiger partial charge in [-0.15, -0.1) is 0 Å². The molecule has 224 valence electrons. The molecule has 42 heavy (non-hydrogen) atoms. The number of carbonyl (C=O) groups excluding carboxylic acids is 1. The second-order valence-corrected chi connectivity index (χ2v) is 12.3. The highest BCUT2D eigenvalue weighted by molar-refractivity contribution is 5.92. The summed E-state index contributed by atoms with van der Waals surface area (Å²) in [5, 5.41) is 10.8. The van der Waals surface area contributed by atoms with Gasteiger partial charge in [0.05, 0.1) is 13.2 Å². The number of nitrogens with zero attached hydrogens (tertiary/aromatic N) is 2. The largest absolute Gasteiger partial charge is 0.395 e. The third-order valence-corrected chi connectivity index (χ3v) is 7.99. The number of H-pyrrole nitrogens is 1. The summed E-state index contributed by atoms with van der Waals surface area (Å²) in [5.41, 5.74) is 9.30. The van der Waals surface area contributed by atoms with Crippen LogP contribution < -0.4 is 0 Å². The van der Waals surface area contributed by atoms with Crippen molar-refractivity contribution in [3.8, 4) is 0 Å². The first-order valence-corrected chi connectivity index (χ1v) is 15.1. The number of likely N-dealkylation sites (tertiary alicyclic amines) is 1. The Balaban J connectivity index is 1.48. The minimum atomic E-state index is -0.281. The fourth-order valence-corrected chi connectivity index (χ4v) is 6.03. The molecule has 2 N–H and O–H groups in total. The van der Waals surface area contributed by atoms with E-state index in [1.54, 1.807) is 12.1 Å². The summed E-state index contributed by atoms with van der Waals surface area (Å²) in [6, 6.07) is 13.1. The molecule has 5 nitrogen and oxygen atoms in total. The third kappa shape index (κ3) is 7.87. The number of hydrogen-bond acceptors (Lipinski definition) is 3. The summed E-state index contributed by atoms with van der Waals surface area (Å²) in [7, 11) is 0. The van der Waals surface area contributed by atoms with Gasteiger partial charge in [0.1, 0.15) is 5.82 Å². The van der Waals surface area contributed by atoms with E-state index in [2.05, 4.69) is 69.6 Å². The van der Waals surface area contributed by atoms with Gasteiger partial charge < -0.3 is 15.0 Å². The first kappa shape index (κ1) is 31.5. The van der Waals surface area contributed by atoms with E-state index < -0.39 is 0 Å². The average Bonchev–Trinajstić information content (AvgIpc) is 3.33. The number of rotatable bonds is 11. The molecule has 3 aromatic rings. The lowest BCUT2D eigenvalue weighted by Crippen LogP contribution is -2.44. The Hall–Kier alpha value is -3.48. The van der Waals surface area contributed by atoms with E-state index in [4.69, 9.17) is 0 Å². The van der Waals surface area contributed by atoms with Gasteiger partial charge in [-0.2, -0.15) is 0 Å². The number of hydrogen-bond donors (Lipinski definition) is 2. The molecule has 0 bridgehead atoms. The van der Waals surface area contributed by atoms with Gasteiger partial charge in [-0.25, -0.2) is 4.39 Å². The fraction of sp³-hybridized carbons (Fsp3) is 0.417. The first-order chi connectivity index (χ1) is 20.0. The molecular formula is C36H46FN3O2. The number of carbonyl (C=O) groups is 1. The number of halogens is 1. The second-order valence-electron chi connectivity index (χ2n) is 12.3. The lowest BCUT2D eigenvalue weighted by molar-refractivity contribution is -0.133. The van der Waals surface area contributed by atoms with Crippen LogP contribution >= 0.6 is 0 Å². The molecule has 1 aliphatic heterocycles. The summed E-state index contributed by atoms with van der Waals surface area (Å²) in [6.45, 7) is 17.4. The molecule has 0 saturated carbocycles. The Morgan fingerprint density at radius 2 is 1.81 bits per heavy atom. The predicted octanol–water partition coefficient (Wildman–Crippen LogP) is 7.56. The van der Waals surface area contributed by atoms with Gasteiger partial charge in [-0.1, -0.05) is 61.9 Å². The molecule has 1 aliphatic rings. The van der Waals surface area contributed by atoms with Crippen LogP contribution in [0.3, 0.4) is 0 Å². The van der Waals surface area contributed by atoms with Crippen LogP contribution in [0.4, 0.5) is 4.39 Å². The third-order valence-electron chi connectivity index (χ3n) is 7.99. The number of aromatic amines is 1. The summed E-state index contributed by atoms with van der Waals surface area (Å²) in [4.78, 5) is 20.8. The fourth-order valence-electron chi connectivity index (χ4n) is 6.03. The maximum atomic E-state index is 13.3. The molecule has 2 heterocycles. The highest BCUT2D eigenvalue weighted by Crippen LogP contribution is 2.37. The number of benzene rings is 2. The number of fused-ring (bicyclic) bond motifs is 1. The first-order valence-electron chi connectivity index (χ1n) is 15.1. The van der Waals surface area contributed by atoms with Crippen molar-refractivity contribution in [1.29, 1.82) is 0 Å². The van der Waals surface area contributed by atoms with E-state index in [1.807, 2.05) is 16.7 Å². The van der Waals surface area contributed by atoms with Gasteiger partial charge in [0, 0.05) is 42.8 Å². The van der Waals surface area contributed by atoms with Gasteiger partial charge in [0.2, 0.25) is 5.91 Å². The zero-order valence-electron chi connectivity index (χ0n) is 25.8. The zero-order valence-corrected chi connectivity index (χ0v) is 25.8. The van der Waals surface area contributed by atoms with E-state index >= 15 is 0 Å². The zero-order chi connectivity index (χ0) is 30.4. The number of nitrogens with one attached hydrogen (secondary N) is 1. The lowest BCUT2D eigenvalue weighted by Gasteiger charge is -2.34. The number of aromatic nitrogens is 1. The Morgan fingerprint density at radius 3 is 2.40 bits per heavy atom. The van der Waals surface area contributed by atoms with Gasteiger partial charge in [0.15, 0.2) is 0 Å². The minimum absolute atomic E-state index is 0.0307. The van der Waals surface area contributed by atoms with Crippen LogP contribution in [0.25, 0.3) is 16.5 Å². The molecule has 0 atom stereocenters. The summed E-state index contributed by atoms with van der Waals surface area (Å²) < 4.78 is 13.3. The molecule has 1 amide bonds. The van der Waals surface area contributed by atoms with E-state index in [0.29, 0.717) is 38.0 Å². The van der Waals surface area contributed by atoms with Gasteiger partial charge in [-0.05, 0) is 92.0 Å². The average molecular weight is 572 g/mol. The second kappa shape index (κ2) is 14.1. The van der Waals surface area contributed by atoms with Crippen molar-refractivity contribution in [2.45, 2.75) is 65.8 Å². The van der Waals surface area contributed by atoms with E-state index in [-0.39, 0.29) is 24.9 Å². The van der Waals surface area contributed by atoms with Crippen molar-refractivity contribution >= 4 is 22.4 Å². The van der Waals surface area contributed by atoms with E-state index in [1.165, 1.54) is 34.2 Å². The number of aliphatic hydroxyl groups excluding tert-OH is 1. The van der Waals surface area contributed by atoms with Gasteiger partial charge >= 0.3 is 0 Å². The van der Waals surface area contributed by atoms with Crippen LogP contribution in [0, 0.1) is 5.82 Å².